The topological polar surface area (TPSA) is 65.4 Å². The van der Waals surface area contributed by atoms with Gasteiger partial charge in [-0.2, -0.15) is 0 Å². The number of hydrogen-bond acceptors (Lipinski definition) is 4. The van der Waals surface area contributed by atoms with Gasteiger partial charge < -0.3 is 10.1 Å². The lowest BCUT2D eigenvalue weighted by Crippen LogP contribution is -2.57. The Bertz CT molecular complexity index is 300. The summed E-state index contributed by atoms with van der Waals surface area (Å²) < 4.78 is 5.33. The summed E-state index contributed by atoms with van der Waals surface area (Å²) in [5, 5.41) is 10.7. The Balaban J connectivity index is 2.20. The molecule has 2 N–H and O–H groups in total. The van der Waals surface area contributed by atoms with E-state index in [0.717, 1.165) is 25.9 Å². The minimum atomic E-state index is -0.379. The third-order valence-electron chi connectivity index (χ3n) is 3.46. The van der Waals surface area contributed by atoms with Crippen molar-refractivity contribution in [3.63, 3.8) is 0 Å². The molecule has 0 aromatic rings. The number of rotatable bonds is 3. The van der Waals surface area contributed by atoms with Crippen molar-refractivity contribution in [2.45, 2.75) is 31.7 Å². The van der Waals surface area contributed by atoms with Gasteiger partial charge in [0.25, 0.3) is 0 Å². The van der Waals surface area contributed by atoms with Gasteiger partial charge in [0.05, 0.1) is 25.2 Å². The average molecular weight is 225 g/mol. The van der Waals surface area contributed by atoms with Crippen molar-refractivity contribution in [1.29, 1.82) is 5.41 Å². The van der Waals surface area contributed by atoms with Crippen LogP contribution in [0.25, 0.3) is 0 Å². The third-order valence-corrected chi connectivity index (χ3v) is 3.46. The molecule has 1 atom stereocenters. The third kappa shape index (κ3) is 1.85. The first-order valence-corrected chi connectivity index (χ1v) is 5.91. The molecule has 5 nitrogen and oxygen atoms in total. The van der Waals surface area contributed by atoms with Crippen molar-refractivity contribution >= 4 is 11.7 Å². The highest BCUT2D eigenvalue weighted by atomic mass is 16.5. The van der Waals surface area contributed by atoms with Crippen LogP contribution in [0.5, 0.6) is 0 Å². The van der Waals surface area contributed by atoms with Gasteiger partial charge in [0.15, 0.2) is 0 Å². The molecule has 2 fully saturated rings. The number of amides is 1. The predicted octanol–water partition coefficient (Wildman–Crippen LogP) is 0.355. The molecule has 2 aliphatic heterocycles. The van der Waals surface area contributed by atoms with Gasteiger partial charge in [-0.1, -0.05) is 13.3 Å². The summed E-state index contributed by atoms with van der Waals surface area (Å²) in [6.45, 7) is 5.13. The number of carbonyl (C=O) groups is 1. The van der Waals surface area contributed by atoms with Crippen LogP contribution in [0, 0.1) is 5.41 Å². The van der Waals surface area contributed by atoms with Crippen LogP contribution < -0.4 is 5.32 Å². The van der Waals surface area contributed by atoms with Crippen LogP contribution in [0.4, 0.5) is 0 Å². The molecule has 2 rings (SSSR count). The Morgan fingerprint density at radius 1 is 1.50 bits per heavy atom. The van der Waals surface area contributed by atoms with E-state index >= 15 is 0 Å². The number of amidine groups is 1. The van der Waals surface area contributed by atoms with E-state index in [9.17, 15) is 4.79 Å². The second kappa shape index (κ2) is 4.51. The molecule has 5 heteroatoms. The lowest BCUT2D eigenvalue weighted by atomic mass is 9.88. The zero-order valence-corrected chi connectivity index (χ0v) is 9.71. The second-order valence-corrected chi connectivity index (χ2v) is 4.48. The fraction of sp³-hybridized carbons (Fsp3) is 0.818. The van der Waals surface area contributed by atoms with E-state index in [0.29, 0.717) is 25.5 Å². The minimum absolute atomic E-state index is 0.0232. The van der Waals surface area contributed by atoms with E-state index < -0.39 is 0 Å². The fourth-order valence-electron chi connectivity index (χ4n) is 2.70. The van der Waals surface area contributed by atoms with E-state index in [-0.39, 0.29) is 11.4 Å². The summed E-state index contributed by atoms with van der Waals surface area (Å²) in [7, 11) is 0. The lowest BCUT2D eigenvalue weighted by molar-refractivity contribution is -0.120. The number of hydrogen-bond donors (Lipinski definition) is 2. The molecular formula is C11H19N3O2. The number of nitrogens with one attached hydrogen (secondary N) is 2. The zero-order valence-electron chi connectivity index (χ0n) is 9.71. The van der Waals surface area contributed by atoms with Gasteiger partial charge >= 0.3 is 0 Å². The molecule has 0 spiro atoms. The first-order valence-electron chi connectivity index (χ1n) is 5.91. The van der Waals surface area contributed by atoms with Crippen LogP contribution in [-0.4, -0.2) is 48.5 Å². The van der Waals surface area contributed by atoms with E-state index in [1.165, 1.54) is 0 Å². The SMILES string of the molecule is CCCC1(N2CCOCC2)CC(=O)NC1=N. The Labute approximate surface area is 95.6 Å². The van der Waals surface area contributed by atoms with Gasteiger partial charge in [-0.25, -0.2) is 0 Å². The smallest absolute Gasteiger partial charge is 0.227 e. The number of nitrogens with zero attached hydrogens (tertiary/aromatic N) is 1. The molecule has 0 saturated carbocycles. The summed E-state index contributed by atoms with van der Waals surface area (Å²) in [5.41, 5.74) is -0.379. The van der Waals surface area contributed by atoms with Crippen LogP contribution in [0.3, 0.4) is 0 Å². The lowest BCUT2D eigenvalue weighted by Gasteiger charge is -2.41. The van der Waals surface area contributed by atoms with Gasteiger partial charge in [-0.15, -0.1) is 0 Å². The zero-order chi connectivity index (χ0) is 11.6. The highest BCUT2D eigenvalue weighted by Gasteiger charge is 2.47. The van der Waals surface area contributed by atoms with Gasteiger partial charge in [-0.05, 0) is 6.42 Å². The van der Waals surface area contributed by atoms with Gasteiger partial charge in [0, 0.05) is 13.1 Å². The Hall–Kier alpha value is -0.940. The van der Waals surface area contributed by atoms with Crippen molar-refractivity contribution in [2.24, 2.45) is 0 Å². The molecule has 90 valence electrons. The van der Waals surface area contributed by atoms with E-state index in [1.807, 2.05) is 0 Å². The van der Waals surface area contributed by atoms with Crippen molar-refractivity contribution < 1.29 is 9.53 Å². The van der Waals surface area contributed by atoms with E-state index in [4.69, 9.17) is 10.1 Å². The summed E-state index contributed by atoms with van der Waals surface area (Å²) in [5.74, 6) is 0.353. The van der Waals surface area contributed by atoms with Crippen LogP contribution in [0.15, 0.2) is 0 Å². The maximum Gasteiger partial charge on any atom is 0.227 e. The minimum Gasteiger partial charge on any atom is -0.379 e. The highest BCUT2D eigenvalue weighted by Crippen LogP contribution is 2.31. The van der Waals surface area contributed by atoms with Gasteiger partial charge in [0.1, 0.15) is 5.84 Å². The van der Waals surface area contributed by atoms with Crippen molar-refractivity contribution in [2.75, 3.05) is 26.3 Å². The van der Waals surface area contributed by atoms with Gasteiger partial charge in [-0.3, -0.25) is 15.1 Å². The monoisotopic (exact) mass is 225 g/mol. The second-order valence-electron chi connectivity index (χ2n) is 4.48. The summed E-state index contributed by atoms with van der Waals surface area (Å²) in [6.07, 6.45) is 2.28. The maximum atomic E-state index is 11.5. The first kappa shape index (κ1) is 11.5. The van der Waals surface area contributed by atoms with Crippen molar-refractivity contribution in [3.8, 4) is 0 Å². The van der Waals surface area contributed by atoms with Crippen LogP contribution in [0.1, 0.15) is 26.2 Å². The molecular weight excluding hydrogens is 206 g/mol. The van der Waals surface area contributed by atoms with Crippen LogP contribution in [-0.2, 0) is 9.53 Å². The molecule has 0 aliphatic carbocycles. The average Bonchev–Trinajstić information content (AvgIpc) is 2.57. The predicted molar refractivity (Wildman–Crippen MR) is 60.5 cm³/mol. The standard InChI is InChI=1S/C11H19N3O2/c1-2-3-11(8-9(15)13-10(11)12)14-4-6-16-7-5-14/h2-8H2,1H3,(H2,12,13,15). The first-order chi connectivity index (χ1) is 7.69. The van der Waals surface area contributed by atoms with Crippen molar-refractivity contribution in [3.05, 3.63) is 0 Å². The highest BCUT2D eigenvalue weighted by molar-refractivity contribution is 6.09. The normalized spacial score (nSPS) is 31.8. The Morgan fingerprint density at radius 2 is 2.19 bits per heavy atom. The van der Waals surface area contributed by atoms with Crippen molar-refractivity contribution in [1.82, 2.24) is 10.2 Å². The molecule has 2 saturated heterocycles. The molecule has 0 aromatic heterocycles. The Morgan fingerprint density at radius 3 is 2.69 bits per heavy atom. The number of morpholine rings is 1. The van der Waals surface area contributed by atoms with Crippen LogP contribution >= 0.6 is 0 Å². The number of carbonyl (C=O) groups excluding carboxylic acids is 1. The fourth-order valence-corrected chi connectivity index (χ4v) is 2.70. The molecule has 1 unspecified atom stereocenters. The molecule has 1 amide bonds. The molecule has 16 heavy (non-hydrogen) atoms. The summed E-state index contributed by atoms with van der Waals surface area (Å²) in [6, 6.07) is 0. The number of ether oxygens (including phenoxy) is 1. The molecule has 0 aromatic carbocycles. The van der Waals surface area contributed by atoms with Gasteiger partial charge in [0.2, 0.25) is 5.91 Å². The molecule has 0 bridgehead atoms. The molecule has 0 radical (unpaired) electrons. The summed E-state index contributed by atoms with van der Waals surface area (Å²) in [4.78, 5) is 13.7. The van der Waals surface area contributed by atoms with Crippen LogP contribution in [0.2, 0.25) is 0 Å². The molecule has 2 aliphatic rings. The molecule has 2 heterocycles. The largest absolute Gasteiger partial charge is 0.379 e. The summed E-state index contributed by atoms with van der Waals surface area (Å²) >= 11 is 0. The Kier molecular flexibility index (Phi) is 3.25. The maximum absolute atomic E-state index is 11.5. The van der Waals surface area contributed by atoms with E-state index in [1.54, 1.807) is 0 Å². The quantitative estimate of drug-likeness (QED) is 0.728. The van der Waals surface area contributed by atoms with E-state index in [2.05, 4.69) is 17.1 Å².